The Morgan fingerprint density at radius 3 is 2.52 bits per heavy atom. The number of amides is 1. The van der Waals surface area contributed by atoms with Crippen LogP contribution < -0.4 is 5.32 Å². The summed E-state index contributed by atoms with van der Waals surface area (Å²) in [6.45, 7) is 6.74. The topological polar surface area (TPSA) is 69.6 Å². The van der Waals surface area contributed by atoms with Crippen molar-refractivity contribution in [2.24, 2.45) is 10.8 Å². The molecule has 2 aliphatic heterocycles. The van der Waals surface area contributed by atoms with E-state index < -0.39 is 11.4 Å². The number of carbonyl (C=O) groups excluding carboxylic acids is 1. The first-order valence-corrected chi connectivity index (χ1v) is 8.23. The van der Waals surface area contributed by atoms with Gasteiger partial charge in [-0.3, -0.25) is 9.59 Å². The Balaban J connectivity index is 2.16. The van der Waals surface area contributed by atoms with Gasteiger partial charge in [0, 0.05) is 19.6 Å². The first-order valence-electron chi connectivity index (χ1n) is 8.23. The summed E-state index contributed by atoms with van der Waals surface area (Å²) >= 11 is 0. The number of carbonyl (C=O) groups is 2. The fraction of sp³-hybridized carbons (Fsp3) is 0.875. The average molecular weight is 296 g/mol. The maximum Gasteiger partial charge on any atom is 0.311 e. The van der Waals surface area contributed by atoms with Gasteiger partial charge < -0.3 is 15.3 Å². The molecule has 2 unspecified atom stereocenters. The maximum absolute atomic E-state index is 13.0. The van der Waals surface area contributed by atoms with Crippen molar-refractivity contribution in [1.82, 2.24) is 10.2 Å². The Bertz CT molecular complexity index is 404. The van der Waals surface area contributed by atoms with Crippen molar-refractivity contribution in [3.63, 3.8) is 0 Å². The Labute approximate surface area is 127 Å². The van der Waals surface area contributed by atoms with Crippen molar-refractivity contribution in [3.8, 4) is 0 Å². The fourth-order valence-electron chi connectivity index (χ4n) is 3.98. The first kappa shape index (κ1) is 16.3. The van der Waals surface area contributed by atoms with Crippen LogP contribution in [-0.4, -0.2) is 48.1 Å². The van der Waals surface area contributed by atoms with E-state index in [-0.39, 0.29) is 11.3 Å². The molecule has 2 aliphatic rings. The Morgan fingerprint density at radius 1 is 1.24 bits per heavy atom. The average Bonchev–Trinajstić information content (AvgIpc) is 2.96. The number of nitrogens with zero attached hydrogens (tertiary/aromatic N) is 1. The predicted octanol–water partition coefficient (Wildman–Crippen LogP) is 1.87. The van der Waals surface area contributed by atoms with Crippen LogP contribution in [0.25, 0.3) is 0 Å². The van der Waals surface area contributed by atoms with Crippen molar-refractivity contribution in [2.75, 3.05) is 26.2 Å². The van der Waals surface area contributed by atoms with Crippen molar-refractivity contribution in [3.05, 3.63) is 0 Å². The molecule has 21 heavy (non-hydrogen) atoms. The van der Waals surface area contributed by atoms with Gasteiger partial charge in [0.1, 0.15) is 0 Å². The van der Waals surface area contributed by atoms with Gasteiger partial charge in [0.05, 0.1) is 10.8 Å². The minimum Gasteiger partial charge on any atom is -0.481 e. The lowest BCUT2D eigenvalue weighted by atomic mass is 9.75. The van der Waals surface area contributed by atoms with Gasteiger partial charge in [-0.1, -0.05) is 20.3 Å². The zero-order valence-corrected chi connectivity index (χ0v) is 13.3. The van der Waals surface area contributed by atoms with E-state index in [1.807, 2.05) is 11.8 Å². The largest absolute Gasteiger partial charge is 0.481 e. The number of hydrogen-bond donors (Lipinski definition) is 2. The van der Waals surface area contributed by atoms with E-state index in [1.54, 1.807) is 0 Å². The molecule has 0 radical (unpaired) electrons. The van der Waals surface area contributed by atoms with Gasteiger partial charge in [-0.25, -0.2) is 0 Å². The fourth-order valence-corrected chi connectivity index (χ4v) is 3.98. The number of carboxylic acid groups (broad SMARTS) is 1. The first-order chi connectivity index (χ1) is 9.99. The molecule has 0 bridgehead atoms. The van der Waals surface area contributed by atoms with Crippen molar-refractivity contribution >= 4 is 11.9 Å². The molecule has 2 N–H and O–H groups in total. The molecule has 0 spiro atoms. The van der Waals surface area contributed by atoms with Crippen LogP contribution in [0.1, 0.15) is 52.4 Å². The van der Waals surface area contributed by atoms with E-state index in [4.69, 9.17) is 0 Å². The van der Waals surface area contributed by atoms with Crippen molar-refractivity contribution < 1.29 is 14.7 Å². The van der Waals surface area contributed by atoms with Crippen LogP contribution >= 0.6 is 0 Å². The highest BCUT2D eigenvalue weighted by molar-refractivity contribution is 5.85. The Morgan fingerprint density at radius 2 is 2.00 bits per heavy atom. The summed E-state index contributed by atoms with van der Waals surface area (Å²) in [5, 5.41) is 12.9. The van der Waals surface area contributed by atoms with Crippen molar-refractivity contribution in [2.45, 2.75) is 52.4 Å². The van der Waals surface area contributed by atoms with E-state index >= 15 is 0 Å². The number of rotatable bonds is 5. The molecule has 5 nitrogen and oxygen atoms in total. The van der Waals surface area contributed by atoms with Gasteiger partial charge in [-0.2, -0.15) is 0 Å². The van der Waals surface area contributed by atoms with Crippen molar-refractivity contribution in [1.29, 1.82) is 0 Å². The quantitative estimate of drug-likeness (QED) is 0.812. The molecule has 0 aromatic carbocycles. The third kappa shape index (κ3) is 2.93. The number of likely N-dealkylation sites (tertiary alicyclic amines) is 1. The number of nitrogens with one attached hydrogen (secondary N) is 1. The van der Waals surface area contributed by atoms with E-state index in [0.717, 1.165) is 38.8 Å². The third-order valence-electron chi connectivity index (χ3n) is 5.42. The summed E-state index contributed by atoms with van der Waals surface area (Å²) in [5.41, 5.74) is -1.04. The van der Waals surface area contributed by atoms with E-state index in [1.165, 1.54) is 0 Å². The molecule has 2 saturated heterocycles. The lowest BCUT2D eigenvalue weighted by Crippen LogP contribution is -2.54. The van der Waals surface area contributed by atoms with Gasteiger partial charge in [0.2, 0.25) is 5.91 Å². The summed E-state index contributed by atoms with van der Waals surface area (Å²) in [6, 6.07) is 0. The molecule has 5 heteroatoms. The highest BCUT2D eigenvalue weighted by Crippen LogP contribution is 2.38. The number of piperidine rings is 1. The van der Waals surface area contributed by atoms with E-state index in [9.17, 15) is 14.7 Å². The molecule has 2 heterocycles. The molecule has 120 valence electrons. The minimum atomic E-state index is -0.753. The highest BCUT2D eigenvalue weighted by atomic mass is 16.4. The minimum absolute atomic E-state index is 0.174. The van der Waals surface area contributed by atoms with Gasteiger partial charge in [0.15, 0.2) is 0 Å². The lowest BCUT2D eigenvalue weighted by molar-refractivity contribution is -0.158. The molecular weight excluding hydrogens is 268 g/mol. The van der Waals surface area contributed by atoms with Crippen LogP contribution in [0.3, 0.4) is 0 Å². The summed E-state index contributed by atoms with van der Waals surface area (Å²) in [4.78, 5) is 26.5. The second kappa shape index (κ2) is 6.34. The zero-order chi connectivity index (χ0) is 15.5. The molecular formula is C16H28N2O3. The molecule has 0 aromatic rings. The molecule has 1 amide bonds. The van der Waals surface area contributed by atoms with Crippen LogP contribution in [0.5, 0.6) is 0 Å². The standard InChI is InChI=1S/C16H28N2O3/c1-3-6-16(8-9-17-11-16)13(19)18-10-5-7-15(4-2,12-18)14(20)21/h17H,3-12H2,1-2H3,(H,20,21). The summed E-state index contributed by atoms with van der Waals surface area (Å²) in [5.74, 6) is -0.579. The predicted molar refractivity (Wildman–Crippen MR) is 81.0 cm³/mol. The van der Waals surface area contributed by atoms with Crippen LogP contribution in [0.15, 0.2) is 0 Å². The zero-order valence-electron chi connectivity index (χ0n) is 13.3. The SMILES string of the molecule is CCCC1(C(=O)N2CCCC(CC)(C(=O)O)C2)CCNC1. The van der Waals surface area contributed by atoms with Crippen LogP contribution in [-0.2, 0) is 9.59 Å². The summed E-state index contributed by atoms with van der Waals surface area (Å²) in [7, 11) is 0. The molecule has 2 atom stereocenters. The Hall–Kier alpha value is -1.10. The number of aliphatic carboxylic acids is 1. The molecule has 2 fully saturated rings. The monoisotopic (exact) mass is 296 g/mol. The van der Waals surface area contributed by atoms with Gasteiger partial charge >= 0.3 is 5.97 Å². The number of hydrogen-bond acceptors (Lipinski definition) is 3. The molecule has 0 aromatic heterocycles. The van der Waals surface area contributed by atoms with Crippen LogP contribution in [0.2, 0.25) is 0 Å². The lowest BCUT2D eigenvalue weighted by Gasteiger charge is -2.43. The normalized spacial score (nSPS) is 33.1. The number of carboxylic acids is 1. The molecule has 0 saturated carbocycles. The van der Waals surface area contributed by atoms with Gasteiger partial charge in [-0.05, 0) is 38.6 Å². The molecule has 0 aliphatic carbocycles. The van der Waals surface area contributed by atoms with Crippen LogP contribution in [0.4, 0.5) is 0 Å². The summed E-state index contributed by atoms with van der Waals surface area (Å²) in [6.07, 6.45) is 4.82. The summed E-state index contributed by atoms with van der Waals surface area (Å²) < 4.78 is 0. The second-order valence-electron chi connectivity index (χ2n) is 6.73. The molecule has 2 rings (SSSR count). The Kier molecular flexibility index (Phi) is 4.91. The van der Waals surface area contributed by atoms with E-state index in [0.29, 0.717) is 25.9 Å². The van der Waals surface area contributed by atoms with Gasteiger partial charge in [-0.15, -0.1) is 0 Å². The third-order valence-corrected chi connectivity index (χ3v) is 5.42. The smallest absolute Gasteiger partial charge is 0.311 e. The van der Waals surface area contributed by atoms with Crippen LogP contribution in [0, 0.1) is 10.8 Å². The maximum atomic E-state index is 13.0. The second-order valence-corrected chi connectivity index (χ2v) is 6.73. The van der Waals surface area contributed by atoms with Gasteiger partial charge in [0.25, 0.3) is 0 Å². The highest BCUT2D eigenvalue weighted by Gasteiger charge is 2.47. The van der Waals surface area contributed by atoms with E-state index in [2.05, 4.69) is 12.2 Å².